The van der Waals surface area contributed by atoms with E-state index in [1.807, 2.05) is 66.6 Å². The largest absolute Gasteiger partial charge is 0.339 e. The quantitative estimate of drug-likeness (QED) is 0.430. The molecule has 0 radical (unpaired) electrons. The summed E-state index contributed by atoms with van der Waals surface area (Å²) in [6.45, 7) is 2.76. The predicted octanol–water partition coefficient (Wildman–Crippen LogP) is 5.43. The van der Waals surface area contributed by atoms with Crippen molar-refractivity contribution in [1.82, 2.24) is 19.9 Å². The number of aryl methyl sites for hydroxylation is 2. The topological polar surface area (TPSA) is 71.0 Å². The molecule has 0 aliphatic carbocycles. The molecule has 7 heteroatoms. The van der Waals surface area contributed by atoms with Gasteiger partial charge in [-0.2, -0.15) is 0 Å². The zero-order chi connectivity index (χ0) is 21.9. The summed E-state index contributed by atoms with van der Waals surface area (Å²) in [5.74, 6) is 0.979. The maximum atomic E-state index is 13.0. The lowest BCUT2D eigenvalue weighted by atomic mass is 10.1. The monoisotopic (exact) mass is 443 g/mol. The maximum Gasteiger partial charge on any atom is 0.223 e. The summed E-state index contributed by atoms with van der Waals surface area (Å²) in [5.41, 5.74) is 3.81. The summed E-state index contributed by atoms with van der Waals surface area (Å²) in [6, 6.07) is 18.1. The Morgan fingerprint density at radius 3 is 2.84 bits per heavy atom. The highest BCUT2D eigenvalue weighted by Gasteiger charge is 2.30. The molecule has 5 rings (SSSR count). The molecule has 1 amide bonds. The van der Waals surface area contributed by atoms with E-state index in [9.17, 15) is 4.79 Å². The lowest BCUT2D eigenvalue weighted by Crippen LogP contribution is -2.31. The van der Waals surface area contributed by atoms with Gasteiger partial charge in [-0.3, -0.25) is 9.78 Å². The molecule has 1 aromatic carbocycles. The first kappa shape index (κ1) is 20.6. The average molecular weight is 444 g/mol. The van der Waals surface area contributed by atoms with E-state index in [-0.39, 0.29) is 11.9 Å². The van der Waals surface area contributed by atoms with E-state index in [0.717, 1.165) is 52.8 Å². The third kappa shape index (κ3) is 4.48. The molecule has 32 heavy (non-hydrogen) atoms. The van der Waals surface area contributed by atoms with E-state index in [1.54, 1.807) is 11.3 Å². The number of carbonyl (C=O) groups excluding carboxylic acids is 1. The summed E-state index contributed by atoms with van der Waals surface area (Å²) in [7, 11) is 0. The molecule has 1 aliphatic heterocycles. The van der Waals surface area contributed by atoms with Crippen LogP contribution in [0.25, 0.3) is 10.2 Å². The number of fused-ring (bicyclic) bond motifs is 1. The van der Waals surface area contributed by atoms with Crippen molar-refractivity contribution in [3.05, 3.63) is 77.2 Å². The molecular formula is C25H25N5OS. The van der Waals surface area contributed by atoms with Gasteiger partial charge in [-0.1, -0.05) is 18.2 Å². The number of anilines is 2. The minimum absolute atomic E-state index is 0.0454. The van der Waals surface area contributed by atoms with E-state index in [1.165, 1.54) is 4.70 Å². The molecule has 3 aromatic heterocycles. The number of pyridine rings is 2. The van der Waals surface area contributed by atoms with Crippen LogP contribution in [0.15, 0.2) is 60.8 Å². The van der Waals surface area contributed by atoms with Crippen LogP contribution in [0.4, 0.5) is 11.5 Å². The number of rotatable bonds is 6. The zero-order valence-electron chi connectivity index (χ0n) is 18.0. The third-order valence-electron chi connectivity index (χ3n) is 5.75. The van der Waals surface area contributed by atoms with Gasteiger partial charge in [-0.05, 0) is 56.2 Å². The molecule has 1 saturated heterocycles. The third-order valence-corrected chi connectivity index (χ3v) is 6.85. The van der Waals surface area contributed by atoms with Crippen molar-refractivity contribution in [2.45, 2.75) is 38.6 Å². The van der Waals surface area contributed by atoms with E-state index >= 15 is 0 Å². The molecule has 0 saturated carbocycles. The van der Waals surface area contributed by atoms with E-state index in [0.29, 0.717) is 12.8 Å². The fraction of sp³-hybridized carbons (Fsp3) is 0.280. The number of thiazole rings is 1. The molecule has 0 bridgehead atoms. The van der Waals surface area contributed by atoms with Crippen LogP contribution in [0, 0.1) is 6.92 Å². The van der Waals surface area contributed by atoms with Crippen molar-refractivity contribution in [2.24, 2.45) is 0 Å². The van der Waals surface area contributed by atoms with Crippen LogP contribution in [0.5, 0.6) is 0 Å². The zero-order valence-corrected chi connectivity index (χ0v) is 18.8. The predicted molar refractivity (Wildman–Crippen MR) is 128 cm³/mol. The molecule has 0 spiro atoms. The number of hydrogen-bond donors (Lipinski definition) is 1. The molecule has 6 nitrogen and oxygen atoms in total. The van der Waals surface area contributed by atoms with E-state index in [4.69, 9.17) is 0 Å². The van der Waals surface area contributed by atoms with Gasteiger partial charge in [0.05, 0.1) is 38.8 Å². The standard InChI is InChI=1S/C25H25N5OS/c1-17-6-4-10-23(27-17)28-18-11-12-19(26-16-18)21-8-5-15-30(21)25(31)14-13-24-29-20-7-2-3-9-22(20)32-24/h2-4,6-7,9-12,16,21H,5,8,13-15H2,1H3,(H,27,28). The van der Waals surface area contributed by atoms with Crippen LogP contribution < -0.4 is 5.32 Å². The summed E-state index contributed by atoms with van der Waals surface area (Å²) in [4.78, 5) is 28.8. The van der Waals surface area contributed by atoms with E-state index < -0.39 is 0 Å². The fourth-order valence-electron chi connectivity index (χ4n) is 4.19. The number of amides is 1. The lowest BCUT2D eigenvalue weighted by molar-refractivity contribution is -0.132. The van der Waals surface area contributed by atoms with Crippen molar-refractivity contribution >= 4 is 39.0 Å². The van der Waals surface area contributed by atoms with Gasteiger partial charge in [0.15, 0.2) is 0 Å². The smallest absolute Gasteiger partial charge is 0.223 e. The second kappa shape index (κ2) is 9.04. The van der Waals surface area contributed by atoms with Gasteiger partial charge in [-0.25, -0.2) is 9.97 Å². The molecule has 1 atom stereocenters. The van der Waals surface area contributed by atoms with Crippen molar-refractivity contribution < 1.29 is 4.79 Å². The number of nitrogens with one attached hydrogen (secondary N) is 1. The first-order valence-electron chi connectivity index (χ1n) is 11.0. The maximum absolute atomic E-state index is 13.0. The van der Waals surface area contributed by atoms with Gasteiger partial charge in [0.1, 0.15) is 5.82 Å². The Labute approximate surface area is 191 Å². The summed E-state index contributed by atoms with van der Waals surface area (Å²) in [6.07, 6.45) is 4.94. The van der Waals surface area contributed by atoms with Gasteiger partial charge < -0.3 is 10.2 Å². The highest BCUT2D eigenvalue weighted by molar-refractivity contribution is 7.18. The van der Waals surface area contributed by atoms with Crippen molar-refractivity contribution in [2.75, 3.05) is 11.9 Å². The molecule has 1 fully saturated rings. The number of para-hydroxylation sites is 1. The Morgan fingerprint density at radius 2 is 2.03 bits per heavy atom. The Balaban J connectivity index is 1.23. The highest BCUT2D eigenvalue weighted by atomic mass is 32.1. The number of carbonyl (C=O) groups is 1. The molecule has 4 aromatic rings. The minimum Gasteiger partial charge on any atom is -0.339 e. The van der Waals surface area contributed by atoms with Gasteiger partial charge in [0, 0.05) is 25.1 Å². The summed E-state index contributed by atoms with van der Waals surface area (Å²) >= 11 is 1.68. The SMILES string of the molecule is Cc1cccc(Nc2ccc(C3CCCN3C(=O)CCc3nc4ccccc4s3)nc2)n1. The Hall–Kier alpha value is -3.32. The van der Waals surface area contributed by atoms with Crippen LogP contribution in [-0.4, -0.2) is 32.3 Å². The molecule has 1 aliphatic rings. The van der Waals surface area contributed by atoms with Crippen molar-refractivity contribution in [3.8, 4) is 0 Å². The number of hydrogen-bond acceptors (Lipinski definition) is 6. The number of nitrogens with zero attached hydrogens (tertiary/aromatic N) is 4. The van der Waals surface area contributed by atoms with Crippen LogP contribution in [0.3, 0.4) is 0 Å². The second-order valence-electron chi connectivity index (χ2n) is 8.08. The minimum atomic E-state index is 0.0454. The number of aromatic nitrogens is 3. The van der Waals surface area contributed by atoms with Gasteiger partial charge in [0.2, 0.25) is 5.91 Å². The first-order chi connectivity index (χ1) is 15.7. The van der Waals surface area contributed by atoms with Crippen molar-refractivity contribution in [1.29, 1.82) is 0 Å². The van der Waals surface area contributed by atoms with E-state index in [2.05, 4.69) is 26.3 Å². The normalized spacial score (nSPS) is 15.9. The Kier molecular flexibility index (Phi) is 5.81. The van der Waals surface area contributed by atoms with Crippen LogP contribution in [0.1, 0.15) is 41.7 Å². The molecule has 4 heterocycles. The molecule has 162 valence electrons. The average Bonchev–Trinajstić information content (AvgIpc) is 3.45. The second-order valence-corrected chi connectivity index (χ2v) is 9.20. The lowest BCUT2D eigenvalue weighted by Gasteiger charge is -2.24. The number of likely N-dealkylation sites (tertiary alicyclic amines) is 1. The van der Waals surface area contributed by atoms with Gasteiger partial charge in [-0.15, -0.1) is 11.3 Å². The summed E-state index contributed by atoms with van der Waals surface area (Å²) < 4.78 is 1.17. The van der Waals surface area contributed by atoms with Gasteiger partial charge >= 0.3 is 0 Å². The van der Waals surface area contributed by atoms with Crippen LogP contribution in [-0.2, 0) is 11.2 Å². The fourth-order valence-corrected chi connectivity index (χ4v) is 5.16. The molecule has 1 unspecified atom stereocenters. The first-order valence-corrected chi connectivity index (χ1v) is 11.8. The van der Waals surface area contributed by atoms with Crippen LogP contribution >= 0.6 is 11.3 Å². The Morgan fingerprint density at radius 1 is 1.12 bits per heavy atom. The molecular weight excluding hydrogens is 418 g/mol. The number of benzene rings is 1. The van der Waals surface area contributed by atoms with Crippen molar-refractivity contribution in [3.63, 3.8) is 0 Å². The Bertz CT molecular complexity index is 1200. The molecule has 1 N–H and O–H groups in total. The van der Waals surface area contributed by atoms with Crippen LogP contribution in [0.2, 0.25) is 0 Å². The van der Waals surface area contributed by atoms with Gasteiger partial charge in [0.25, 0.3) is 0 Å². The summed E-state index contributed by atoms with van der Waals surface area (Å²) in [5, 5.41) is 4.31. The highest BCUT2D eigenvalue weighted by Crippen LogP contribution is 2.32.